The third-order valence-corrected chi connectivity index (χ3v) is 21.6. The minimum atomic E-state index is -2.03. The normalized spacial score (nSPS) is 54.8. The maximum Gasteiger partial charge on any atom is 0.187 e. The molecule has 6 aliphatic heterocycles. The average molecular weight is 1230 g/mol. The Kier molecular flexibility index (Phi) is 20.6. The van der Waals surface area contributed by atoms with Crippen molar-refractivity contribution in [2.75, 3.05) is 33.0 Å². The molecule has 0 aromatic rings. The van der Waals surface area contributed by atoms with E-state index in [1.165, 1.54) is 12.5 Å². The van der Waals surface area contributed by atoms with Crippen LogP contribution in [0.3, 0.4) is 0 Å². The van der Waals surface area contributed by atoms with Crippen LogP contribution in [0.5, 0.6) is 0 Å². The van der Waals surface area contributed by atoms with Crippen molar-refractivity contribution in [3.8, 4) is 0 Å². The third-order valence-electron chi connectivity index (χ3n) is 21.6. The molecule has 0 radical (unpaired) electrons. The molecule has 0 aromatic heterocycles. The minimum Gasteiger partial charge on any atom is -0.396 e. The van der Waals surface area contributed by atoms with Gasteiger partial charge < -0.3 is 139 Å². The third kappa shape index (κ3) is 12.1. The molecular weight excluding hydrogens is 1130 g/mol. The molecule has 10 aliphatic rings. The van der Waals surface area contributed by atoms with Crippen LogP contribution >= 0.6 is 0 Å². The van der Waals surface area contributed by atoms with Gasteiger partial charge in [0.25, 0.3) is 0 Å². The molecule has 9 fully saturated rings. The molecule has 490 valence electrons. The lowest BCUT2D eigenvalue weighted by Gasteiger charge is -2.58. The van der Waals surface area contributed by atoms with Crippen molar-refractivity contribution >= 4 is 0 Å². The van der Waals surface area contributed by atoms with E-state index in [1.807, 2.05) is 6.92 Å². The highest BCUT2D eigenvalue weighted by atomic mass is 16.8. The molecule has 3 unspecified atom stereocenters. The first-order valence-corrected chi connectivity index (χ1v) is 30.4. The molecule has 3 saturated carbocycles. The fourth-order valence-electron chi connectivity index (χ4n) is 16.5. The monoisotopic (exact) mass is 1230 g/mol. The van der Waals surface area contributed by atoms with E-state index >= 15 is 0 Å². The number of allylic oxidation sites excluding steroid dienone is 1. The number of aliphatic hydroxyl groups is 17. The molecule has 0 aromatic carbocycles. The second kappa shape index (κ2) is 26.3. The second-order valence-electron chi connectivity index (χ2n) is 26.6. The highest BCUT2D eigenvalue weighted by Crippen LogP contribution is 2.70. The van der Waals surface area contributed by atoms with E-state index in [1.54, 1.807) is 0 Å². The van der Waals surface area contributed by atoms with Crippen molar-refractivity contribution in [2.45, 2.75) is 264 Å². The number of fused-ring (bicyclic) bond motifs is 7. The van der Waals surface area contributed by atoms with Gasteiger partial charge in [-0.1, -0.05) is 39.3 Å². The number of hydrogen-bond acceptors (Lipinski definition) is 28. The van der Waals surface area contributed by atoms with Crippen LogP contribution in [0.2, 0.25) is 0 Å². The summed E-state index contributed by atoms with van der Waals surface area (Å²) < 4.78 is 67.2. The van der Waals surface area contributed by atoms with Gasteiger partial charge in [-0.2, -0.15) is 0 Å². The van der Waals surface area contributed by atoms with Crippen LogP contribution in [0, 0.1) is 46.3 Å². The first-order chi connectivity index (χ1) is 40.3. The lowest BCUT2D eigenvalue weighted by molar-refractivity contribution is -0.405. The summed E-state index contributed by atoms with van der Waals surface area (Å²) in [4.78, 5) is 0. The van der Waals surface area contributed by atoms with Gasteiger partial charge in [-0.15, -0.1) is 0 Å². The Labute approximate surface area is 492 Å². The summed E-state index contributed by atoms with van der Waals surface area (Å²) >= 11 is 0. The number of aliphatic hydroxyl groups excluding tert-OH is 16. The first-order valence-electron chi connectivity index (χ1n) is 30.4. The Morgan fingerprint density at radius 3 is 1.62 bits per heavy atom. The molecule has 36 atom stereocenters. The summed E-state index contributed by atoms with van der Waals surface area (Å²) in [6, 6.07) is 0. The quantitative estimate of drug-likeness (QED) is 0.0571. The van der Waals surface area contributed by atoms with E-state index in [2.05, 4.69) is 26.8 Å². The van der Waals surface area contributed by atoms with Gasteiger partial charge in [0.1, 0.15) is 116 Å². The zero-order chi connectivity index (χ0) is 61.5. The van der Waals surface area contributed by atoms with Gasteiger partial charge in [-0.3, -0.25) is 0 Å². The van der Waals surface area contributed by atoms with Crippen LogP contribution in [0.15, 0.2) is 11.6 Å². The van der Waals surface area contributed by atoms with E-state index in [0.29, 0.717) is 49.9 Å². The van der Waals surface area contributed by atoms with Crippen molar-refractivity contribution in [1.29, 1.82) is 0 Å². The fraction of sp³-hybridized carbons (Fsp3) is 0.965. The largest absolute Gasteiger partial charge is 0.396 e. The lowest BCUT2D eigenvalue weighted by Crippen LogP contribution is -2.68. The van der Waals surface area contributed by atoms with Gasteiger partial charge in [0, 0.05) is 18.9 Å². The van der Waals surface area contributed by atoms with E-state index in [0.717, 1.165) is 25.7 Å². The summed E-state index contributed by atoms with van der Waals surface area (Å²) in [5.74, 6) is -0.0446. The molecule has 0 spiro atoms. The van der Waals surface area contributed by atoms with Gasteiger partial charge in [-0.25, -0.2) is 0 Å². The van der Waals surface area contributed by atoms with Crippen LogP contribution in [0.25, 0.3) is 0 Å². The van der Waals surface area contributed by atoms with Gasteiger partial charge in [0.15, 0.2) is 37.2 Å². The van der Waals surface area contributed by atoms with Crippen molar-refractivity contribution in [3.05, 3.63) is 11.6 Å². The minimum absolute atomic E-state index is 0.0466. The SMILES string of the molecule is CC(CO)CCC1(O)O[C@H]2C[C@H]3[C@@H]4CC=C5C[C@@H](O[C@@H]6O[C@H](CO)[C@@H](O[C@@H]7O[C@H](CO)[C@@H](O)[C@H](O)[C@H]7O[C@@H]7O[C@H](CO)[C@@H](O)[C@H](O)[C@H]7O)[C@H](O)[C@H]6O[C@@H]6O[C@H](C)[C@@H](OC7O[C@H](CO)[C@@H](O)[C@H](O)[C@H]7O)[C@H](O)[C@@H]6O)CC[C@]5(C)[C@H]4CC[C@]3(C)[C@H]2[C@@H]1C. The number of ether oxygens (including phenoxy) is 11. The molecular formula is C57H94O28. The van der Waals surface area contributed by atoms with E-state index in [9.17, 15) is 86.8 Å². The molecule has 17 N–H and O–H groups in total. The Bertz CT molecular complexity index is 2240. The van der Waals surface area contributed by atoms with Gasteiger partial charge in [-0.05, 0) is 98.7 Å². The lowest BCUT2D eigenvalue weighted by atomic mass is 9.47. The standard InChI is InChI=1S/C57H94O28/c1-21(16-58)8-13-57(74)22(2)34-29(85-57)15-28-26-7-6-24-14-25(9-11-55(24,4)27(26)10-12-56(28,34)5)76-53-49(84-50-44(72)41(69)46(23(3)75-50)81-51-42(70)38(66)35(63)30(17-59)77-51)45(73)47(33(20-62)80-53)82-54-48(40(68)37(65)32(19-61)79-54)83-52-43(71)39(67)36(64)31(18-60)78-52/h6,21-23,25-54,58-74H,7-20H2,1-5H3/t21?,22-,23+,25-,26+,27-,28-,29-,30+,31+,32+,33+,34-,35+,36+,37+,38-,39-,40-,41+,42+,43+,44-,45-,46+,47+,48+,49+,50-,51?,52-,53+,54-,55-,56-,57?/m0/s1. The molecule has 10 rings (SSSR count). The van der Waals surface area contributed by atoms with Crippen LogP contribution in [-0.4, -0.2) is 291 Å². The fourth-order valence-corrected chi connectivity index (χ4v) is 16.5. The molecule has 6 saturated heterocycles. The summed E-state index contributed by atoms with van der Waals surface area (Å²) in [5, 5.41) is 184. The zero-order valence-electron chi connectivity index (χ0n) is 48.6. The predicted molar refractivity (Wildman–Crippen MR) is 283 cm³/mol. The molecule has 0 bridgehead atoms. The van der Waals surface area contributed by atoms with E-state index < -0.39 is 192 Å². The molecule has 4 aliphatic carbocycles. The van der Waals surface area contributed by atoms with Gasteiger partial charge in [0.05, 0.1) is 44.7 Å². The Balaban J connectivity index is 0.889. The van der Waals surface area contributed by atoms with Crippen molar-refractivity contribution < 1.29 is 139 Å². The van der Waals surface area contributed by atoms with Gasteiger partial charge >= 0.3 is 0 Å². The molecule has 6 heterocycles. The van der Waals surface area contributed by atoms with Crippen molar-refractivity contribution in [3.63, 3.8) is 0 Å². The van der Waals surface area contributed by atoms with Crippen LogP contribution < -0.4 is 0 Å². The van der Waals surface area contributed by atoms with Crippen LogP contribution in [0.4, 0.5) is 0 Å². The Hall–Kier alpha value is -1.38. The van der Waals surface area contributed by atoms with E-state index in [4.69, 9.17) is 52.1 Å². The maximum absolute atomic E-state index is 12.6. The highest BCUT2D eigenvalue weighted by Gasteiger charge is 2.68. The molecule has 28 heteroatoms. The predicted octanol–water partition coefficient (Wildman–Crippen LogP) is -5.18. The first kappa shape index (κ1) is 66.5. The Morgan fingerprint density at radius 2 is 1.04 bits per heavy atom. The topological polar surface area (TPSA) is 445 Å². The summed E-state index contributed by atoms with van der Waals surface area (Å²) in [6.45, 7) is 6.81. The zero-order valence-corrected chi connectivity index (χ0v) is 48.6. The smallest absolute Gasteiger partial charge is 0.187 e. The average Bonchev–Trinajstić information content (AvgIpc) is 1.69. The molecule has 0 amide bonds. The highest BCUT2D eigenvalue weighted by molar-refractivity contribution is 5.26. The number of hydrogen-bond donors (Lipinski definition) is 17. The van der Waals surface area contributed by atoms with E-state index in [-0.39, 0.29) is 41.3 Å². The summed E-state index contributed by atoms with van der Waals surface area (Å²) in [5.41, 5.74) is 0.916. The second-order valence-corrected chi connectivity index (χ2v) is 26.6. The van der Waals surface area contributed by atoms with Crippen molar-refractivity contribution in [1.82, 2.24) is 0 Å². The molecule has 85 heavy (non-hydrogen) atoms. The maximum atomic E-state index is 12.6. The summed E-state index contributed by atoms with van der Waals surface area (Å²) in [7, 11) is 0. The summed E-state index contributed by atoms with van der Waals surface area (Å²) in [6.07, 6.45) is -36.3. The van der Waals surface area contributed by atoms with Crippen LogP contribution in [-0.2, 0) is 52.1 Å². The van der Waals surface area contributed by atoms with Crippen LogP contribution in [0.1, 0.15) is 92.4 Å². The Morgan fingerprint density at radius 1 is 0.541 bits per heavy atom. The number of rotatable bonds is 18. The van der Waals surface area contributed by atoms with Gasteiger partial charge in [0.2, 0.25) is 0 Å². The molecule has 28 nitrogen and oxygen atoms in total. The van der Waals surface area contributed by atoms with Crippen molar-refractivity contribution in [2.24, 2.45) is 46.3 Å².